The fourth-order valence-corrected chi connectivity index (χ4v) is 3.46. The third kappa shape index (κ3) is 4.00. The van der Waals surface area contributed by atoms with Crippen LogP contribution in [0.25, 0.3) is 5.69 Å². The van der Waals surface area contributed by atoms with Crippen molar-refractivity contribution in [3.63, 3.8) is 0 Å². The average molecular weight is 391 g/mol. The van der Waals surface area contributed by atoms with Crippen LogP contribution in [0.5, 0.6) is 5.75 Å². The van der Waals surface area contributed by atoms with Gasteiger partial charge in [-0.05, 0) is 46.1 Å². The van der Waals surface area contributed by atoms with Gasteiger partial charge in [-0.25, -0.2) is 4.79 Å². The number of thioether (sulfide) groups is 1. The van der Waals surface area contributed by atoms with Crippen molar-refractivity contribution in [1.29, 1.82) is 0 Å². The predicted octanol–water partition coefficient (Wildman–Crippen LogP) is 1.95. The normalized spacial score (nSPS) is 10.5. The van der Waals surface area contributed by atoms with Crippen LogP contribution >= 0.6 is 23.1 Å². The second kappa shape index (κ2) is 7.97. The quantitative estimate of drug-likeness (QED) is 0.483. The summed E-state index contributed by atoms with van der Waals surface area (Å²) in [4.78, 5) is 24.1. The highest BCUT2D eigenvalue weighted by molar-refractivity contribution is 7.99. The summed E-state index contributed by atoms with van der Waals surface area (Å²) in [6.07, 6.45) is 0. The Labute approximate surface area is 156 Å². The molecule has 1 aromatic carbocycles. The van der Waals surface area contributed by atoms with Gasteiger partial charge in [-0.15, -0.1) is 16.4 Å². The Kier molecular flexibility index (Phi) is 5.49. The summed E-state index contributed by atoms with van der Waals surface area (Å²) in [5, 5.41) is 25.5. The van der Waals surface area contributed by atoms with Crippen molar-refractivity contribution in [2.75, 3.05) is 18.2 Å². The number of nitrogens with zero attached hydrogens (tertiary/aromatic N) is 4. The molecular formula is C15H13N5O4S2. The highest BCUT2D eigenvalue weighted by Gasteiger charge is 2.17. The van der Waals surface area contributed by atoms with Crippen molar-refractivity contribution in [3.05, 3.63) is 40.6 Å². The van der Waals surface area contributed by atoms with Crippen molar-refractivity contribution in [3.8, 4) is 11.4 Å². The molecule has 0 radical (unpaired) electrons. The fourth-order valence-electron chi connectivity index (χ4n) is 2.00. The number of benzene rings is 1. The molecule has 0 unspecified atom stereocenters. The monoisotopic (exact) mass is 391 g/mol. The van der Waals surface area contributed by atoms with Crippen LogP contribution < -0.4 is 5.32 Å². The zero-order valence-corrected chi connectivity index (χ0v) is 15.1. The van der Waals surface area contributed by atoms with Crippen molar-refractivity contribution in [2.45, 2.75) is 5.16 Å². The number of rotatable bonds is 6. The van der Waals surface area contributed by atoms with Crippen LogP contribution in [0.4, 0.5) is 5.69 Å². The van der Waals surface area contributed by atoms with Crippen molar-refractivity contribution in [2.24, 2.45) is 0 Å². The Morgan fingerprint density at radius 3 is 2.81 bits per heavy atom. The molecule has 0 spiro atoms. The van der Waals surface area contributed by atoms with Gasteiger partial charge in [-0.2, -0.15) is 4.68 Å². The fraction of sp³-hybridized carbons (Fsp3) is 0.133. The van der Waals surface area contributed by atoms with Crippen LogP contribution in [-0.4, -0.2) is 50.1 Å². The van der Waals surface area contributed by atoms with Crippen LogP contribution in [0.1, 0.15) is 9.67 Å². The zero-order chi connectivity index (χ0) is 18.5. The Hall–Kier alpha value is -2.92. The zero-order valence-electron chi connectivity index (χ0n) is 13.4. The van der Waals surface area contributed by atoms with Gasteiger partial charge in [0.15, 0.2) is 0 Å². The summed E-state index contributed by atoms with van der Waals surface area (Å²) >= 11 is 2.33. The number of amides is 1. The minimum Gasteiger partial charge on any atom is -0.508 e. The molecule has 0 aliphatic carbocycles. The number of esters is 1. The number of aromatic nitrogens is 4. The number of thiophene rings is 1. The summed E-state index contributed by atoms with van der Waals surface area (Å²) in [6, 6.07) is 7.99. The lowest BCUT2D eigenvalue weighted by Gasteiger charge is -2.06. The number of tetrazole rings is 1. The van der Waals surface area contributed by atoms with Crippen LogP contribution in [0.3, 0.4) is 0 Å². The van der Waals surface area contributed by atoms with Crippen LogP contribution in [0.15, 0.2) is 40.9 Å². The first kappa shape index (κ1) is 17.9. The highest BCUT2D eigenvalue weighted by atomic mass is 32.2. The van der Waals surface area contributed by atoms with E-state index in [1.54, 1.807) is 23.6 Å². The third-order valence-electron chi connectivity index (χ3n) is 3.18. The number of hydrogen-bond donors (Lipinski definition) is 2. The van der Waals surface area contributed by atoms with Gasteiger partial charge in [0.05, 0.1) is 24.2 Å². The number of ether oxygens (including phenoxy) is 1. The number of methoxy groups -OCH3 is 1. The van der Waals surface area contributed by atoms with E-state index in [1.807, 2.05) is 0 Å². The molecular weight excluding hydrogens is 378 g/mol. The maximum Gasteiger partial charge on any atom is 0.350 e. The van der Waals surface area contributed by atoms with E-state index in [0.29, 0.717) is 21.4 Å². The molecule has 134 valence electrons. The lowest BCUT2D eigenvalue weighted by molar-refractivity contribution is -0.113. The molecule has 3 aromatic rings. The number of anilines is 1. The van der Waals surface area contributed by atoms with Gasteiger partial charge in [0.25, 0.3) is 0 Å². The minimum absolute atomic E-state index is 0.0505. The van der Waals surface area contributed by atoms with E-state index in [9.17, 15) is 14.7 Å². The number of phenolic OH excluding ortho intramolecular Hbond substituents is 1. The number of carbonyl (C=O) groups excluding carboxylic acids is 2. The van der Waals surface area contributed by atoms with Crippen molar-refractivity contribution >= 4 is 40.7 Å². The van der Waals surface area contributed by atoms with Crippen molar-refractivity contribution in [1.82, 2.24) is 20.2 Å². The molecule has 9 nitrogen and oxygen atoms in total. The topological polar surface area (TPSA) is 119 Å². The molecule has 1 amide bonds. The molecule has 0 fully saturated rings. The van der Waals surface area contributed by atoms with E-state index in [0.717, 1.165) is 11.8 Å². The Morgan fingerprint density at radius 2 is 2.08 bits per heavy atom. The molecule has 0 saturated heterocycles. The Balaban J connectivity index is 1.64. The first-order chi connectivity index (χ1) is 12.6. The molecule has 0 aliphatic heterocycles. The van der Waals surface area contributed by atoms with Gasteiger partial charge in [0, 0.05) is 0 Å². The molecule has 0 saturated carbocycles. The Bertz CT molecular complexity index is 922. The molecule has 2 N–H and O–H groups in total. The van der Waals surface area contributed by atoms with E-state index < -0.39 is 5.97 Å². The van der Waals surface area contributed by atoms with E-state index in [-0.39, 0.29) is 17.4 Å². The number of nitrogens with one attached hydrogen (secondary N) is 1. The summed E-state index contributed by atoms with van der Waals surface area (Å²) in [5.74, 6) is -0.625. The molecule has 2 aromatic heterocycles. The summed E-state index contributed by atoms with van der Waals surface area (Å²) in [5.41, 5.74) is 1.06. The highest BCUT2D eigenvalue weighted by Crippen LogP contribution is 2.24. The molecule has 11 heteroatoms. The molecule has 3 rings (SSSR count). The van der Waals surface area contributed by atoms with Gasteiger partial charge < -0.3 is 15.2 Å². The van der Waals surface area contributed by atoms with E-state index >= 15 is 0 Å². The molecule has 0 atom stereocenters. The second-order valence-electron chi connectivity index (χ2n) is 4.88. The van der Waals surface area contributed by atoms with Gasteiger partial charge in [0.2, 0.25) is 11.1 Å². The first-order valence-corrected chi connectivity index (χ1v) is 9.11. The number of phenols is 1. The molecule has 0 aliphatic rings. The van der Waals surface area contributed by atoms with Gasteiger partial charge in [0.1, 0.15) is 10.6 Å². The van der Waals surface area contributed by atoms with Crippen LogP contribution in [-0.2, 0) is 9.53 Å². The van der Waals surface area contributed by atoms with Crippen LogP contribution in [0, 0.1) is 0 Å². The summed E-state index contributed by atoms with van der Waals surface area (Å²) in [6.45, 7) is 0. The van der Waals surface area contributed by atoms with E-state index in [2.05, 4.69) is 25.6 Å². The van der Waals surface area contributed by atoms with Crippen molar-refractivity contribution < 1.29 is 19.4 Å². The molecule has 2 heterocycles. The second-order valence-corrected chi connectivity index (χ2v) is 6.74. The van der Waals surface area contributed by atoms with Gasteiger partial charge in [-0.3, -0.25) is 4.79 Å². The lowest BCUT2D eigenvalue weighted by atomic mass is 10.3. The molecule has 26 heavy (non-hydrogen) atoms. The number of aromatic hydroxyl groups is 1. The maximum absolute atomic E-state index is 12.2. The third-order valence-corrected chi connectivity index (χ3v) is 4.99. The lowest BCUT2D eigenvalue weighted by Crippen LogP contribution is -2.16. The van der Waals surface area contributed by atoms with Gasteiger partial charge in [-0.1, -0.05) is 11.8 Å². The SMILES string of the molecule is COC(=O)c1sccc1NC(=O)CSc1nnnn1-c1ccc(O)cc1. The predicted molar refractivity (Wildman–Crippen MR) is 95.8 cm³/mol. The summed E-state index contributed by atoms with van der Waals surface area (Å²) in [7, 11) is 1.28. The van der Waals surface area contributed by atoms with Gasteiger partial charge >= 0.3 is 5.97 Å². The smallest absolute Gasteiger partial charge is 0.350 e. The summed E-state index contributed by atoms with van der Waals surface area (Å²) < 4.78 is 6.14. The first-order valence-electron chi connectivity index (χ1n) is 7.24. The standard InChI is InChI=1S/C15H13N5O4S2/c1-24-14(23)13-11(6-7-25-13)16-12(22)8-26-15-17-18-19-20(15)9-2-4-10(21)5-3-9/h2-7,21H,8H2,1H3,(H,16,22). The number of carbonyl (C=O) groups is 2. The Morgan fingerprint density at radius 1 is 1.31 bits per heavy atom. The van der Waals surface area contributed by atoms with Crippen LogP contribution in [0.2, 0.25) is 0 Å². The average Bonchev–Trinajstić information content (AvgIpc) is 3.29. The van der Waals surface area contributed by atoms with E-state index in [4.69, 9.17) is 0 Å². The largest absolute Gasteiger partial charge is 0.508 e. The number of hydrogen-bond acceptors (Lipinski definition) is 9. The maximum atomic E-state index is 12.2. The minimum atomic E-state index is -0.501. The van der Waals surface area contributed by atoms with E-state index in [1.165, 1.54) is 35.3 Å². The molecule has 0 bridgehead atoms.